The van der Waals surface area contributed by atoms with Gasteiger partial charge in [0.15, 0.2) is 5.16 Å². The Labute approximate surface area is 207 Å². The van der Waals surface area contributed by atoms with Crippen molar-refractivity contribution in [2.45, 2.75) is 50.7 Å². The molecule has 0 N–H and O–H groups in total. The van der Waals surface area contributed by atoms with Crippen LogP contribution in [0.15, 0.2) is 70.6 Å². The summed E-state index contributed by atoms with van der Waals surface area (Å²) in [6, 6.07) is 19.3. The van der Waals surface area contributed by atoms with E-state index in [0.29, 0.717) is 5.16 Å². The molecule has 0 saturated heterocycles. The fraction of sp³-hybridized carbons (Fsp3) is 0.296. The third kappa shape index (κ3) is 4.30. The maximum absolute atomic E-state index is 13.8. The van der Waals surface area contributed by atoms with Crippen LogP contribution in [0.2, 0.25) is 0 Å². The number of benzene rings is 2. The lowest BCUT2D eigenvalue weighted by molar-refractivity contribution is -0.116. The van der Waals surface area contributed by atoms with Crippen LogP contribution in [-0.2, 0) is 17.6 Å². The van der Waals surface area contributed by atoms with E-state index in [0.717, 1.165) is 47.3 Å². The molecule has 0 aliphatic heterocycles. The summed E-state index contributed by atoms with van der Waals surface area (Å²) in [5, 5.41) is 1.32. The minimum Gasteiger partial charge on any atom is -0.309 e. The zero-order chi connectivity index (χ0) is 23.7. The first-order valence-corrected chi connectivity index (χ1v) is 13.5. The lowest BCUT2D eigenvalue weighted by atomic mass is 9.97. The number of amides is 1. The maximum Gasteiger partial charge on any atom is 0.267 e. The third-order valence-electron chi connectivity index (χ3n) is 6.12. The van der Waals surface area contributed by atoms with Crippen molar-refractivity contribution in [3.05, 3.63) is 81.5 Å². The highest BCUT2D eigenvalue weighted by atomic mass is 32.2. The Kier molecular flexibility index (Phi) is 6.57. The number of thioether (sulfide) groups is 1. The average molecular weight is 490 g/mol. The molecule has 7 heteroatoms. The number of rotatable bonds is 6. The number of para-hydroxylation sites is 2. The summed E-state index contributed by atoms with van der Waals surface area (Å²) in [7, 11) is 0. The van der Waals surface area contributed by atoms with Gasteiger partial charge in [-0.15, -0.1) is 11.3 Å². The van der Waals surface area contributed by atoms with Crippen molar-refractivity contribution >= 4 is 44.9 Å². The Hall–Kier alpha value is -2.90. The van der Waals surface area contributed by atoms with Crippen molar-refractivity contribution in [3.63, 3.8) is 0 Å². The van der Waals surface area contributed by atoms with Gasteiger partial charge in [-0.1, -0.05) is 48.2 Å². The number of carbonyl (C=O) groups is 1. The number of hydrogen-bond donors (Lipinski definition) is 0. The number of carbonyl (C=O) groups excluding carboxylic acids is 1. The van der Waals surface area contributed by atoms with E-state index in [1.807, 2.05) is 74.5 Å². The molecule has 0 radical (unpaired) electrons. The fourth-order valence-corrected chi connectivity index (χ4v) is 6.78. The summed E-state index contributed by atoms with van der Waals surface area (Å²) in [6.45, 7) is 4.02. The largest absolute Gasteiger partial charge is 0.309 e. The maximum atomic E-state index is 13.8. The summed E-state index contributed by atoms with van der Waals surface area (Å²) < 4.78 is 1.68. The van der Waals surface area contributed by atoms with Gasteiger partial charge in [0.2, 0.25) is 5.91 Å². The molecular weight excluding hydrogens is 462 g/mol. The molecule has 2 aromatic carbocycles. The van der Waals surface area contributed by atoms with E-state index in [2.05, 4.69) is 0 Å². The topological polar surface area (TPSA) is 55.2 Å². The van der Waals surface area contributed by atoms with E-state index in [1.165, 1.54) is 22.2 Å². The van der Waals surface area contributed by atoms with Gasteiger partial charge in [-0.05, 0) is 69.4 Å². The molecule has 2 aromatic heterocycles. The van der Waals surface area contributed by atoms with Gasteiger partial charge in [0.25, 0.3) is 5.56 Å². The van der Waals surface area contributed by atoms with Gasteiger partial charge in [0, 0.05) is 16.6 Å². The van der Waals surface area contributed by atoms with E-state index in [1.54, 1.807) is 20.8 Å². The number of aryl methyl sites for hydroxylation is 2. The monoisotopic (exact) mass is 489 g/mol. The van der Waals surface area contributed by atoms with Crippen molar-refractivity contribution in [1.29, 1.82) is 0 Å². The molecule has 0 fully saturated rings. The Balaban J connectivity index is 1.55. The summed E-state index contributed by atoms with van der Waals surface area (Å²) in [5.74, 6) is 0.189. The normalized spacial score (nSPS) is 13.3. The van der Waals surface area contributed by atoms with Crippen LogP contribution in [-0.4, -0.2) is 27.3 Å². The number of nitrogens with zero attached hydrogens (tertiary/aromatic N) is 3. The smallest absolute Gasteiger partial charge is 0.267 e. The van der Waals surface area contributed by atoms with Crippen LogP contribution in [0.1, 0.15) is 37.1 Å². The first kappa shape index (κ1) is 22.9. The number of thiophene rings is 1. The quantitative estimate of drug-likeness (QED) is 0.251. The Bertz CT molecular complexity index is 1380. The van der Waals surface area contributed by atoms with Crippen LogP contribution < -0.4 is 10.5 Å². The van der Waals surface area contributed by atoms with Gasteiger partial charge >= 0.3 is 0 Å². The van der Waals surface area contributed by atoms with Gasteiger partial charge in [-0.3, -0.25) is 14.2 Å². The minimum atomic E-state index is -0.0330. The van der Waals surface area contributed by atoms with E-state index in [9.17, 15) is 9.59 Å². The Morgan fingerprint density at radius 1 is 1.06 bits per heavy atom. The highest BCUT2D eigenvalue weighted by Crippen LogP contribution is 2.35. The SMILES string of the molecule is CC(C)N(C(=O)CSc1nc2sc3c(c2c(=O)n1-c1ccccc1)CCCC3)c1ccccc1. The van der Waals surface area contributed by atoms with Crippen molar-refractivity contribution in [2.24, 2.45) is 0 Å². The van der Waals surface area contributed by atoms with Crippen LogP contribution in [0.4, 0.5) is 5.69 Å². The summed E-state index contributed by atoms with van der Waals surface area (Å²) in [4.78, 5) is 35.9. The molecule has 34 heavy (non-hydrogen) atoms. The predicted molar refractivity (Wildman–Crippen MR) is 142 cm³/mol. The zero-order valence-corrected chi connectivity index (χ0v) is 21.0. The van der Waals surface area contributed by atoms with Crippen molar-refractivity contribution < 1.29 is 4.79 Å². The molecule has 0 bridgehead atoms. The lowest BCUT2D eigenvalue weighted by Crippen LogP contribution is -2.38. The van der Waals surface area contributed by atoms with E-state index in [-0.39, 0.29) is 23.3 Å². The average Bonchev–Trinajstić information content (AvgIpc) is 3.22. The first-order chi connectivity index (χ1) is 16.5. The van der Waals surface area contributed by atoms with E-state index in [4.69, 9.17) is 4.98 Å². The molecule has 0 atom stereocenters. The number of hydrogen-bond acceptors (Lipinski definition) is 5. The van der Waals surface area contributed by atoms with Gasteiger partial charge in [0.05, 0.1) is 16.8 Å². The Morgan fingerprint density at radius 2 is 1.74 bits per heavy atom. The molecule has 2 heterocycles. The highest BCUT2D eigenvalue weighted by molar-refractivity contribution is 7.99. The molecule has 1 aliphatic carbocycles. The van der Waals surface area contributed by atoms with Crippen molar-refractivity contribution in [3.8, 4) is 5.69 Å². The standard InChI is InChI=1S/C27H27N3O2S2/c1-18(2)29(19-11-5-3-6-12-19)23(31)17-33-27-28-25-24(21-15-9-10-16-22(21)34-25)26(32)30(27)20-13-7-4-8-14-20/h3-8,11-14,18H,9-10,15-17H2,1-2H3. The van der Waals surface area contributed by atoms with Crippen LogP contribution in [0.5, 0.6) is 0 Å². The van der Waals surface area contributed by atoms with Crippen molar-refractivity contribution in [1.82, 2.24) is 9.55 Å². The summed E-state index contributed by atoms with van der Waals surface area (Å²) in [5.41, 5.74) is 2.79. The molecule has 0 saturated carbocycles. The molecule has 1 amide bonds. The van der Waals surface area contributed by atoms with Crippen LogP contribution in [0, 0.1) is 0 Å². The second-order valence-corrected chi connectivity index (χ2v) is 10.8. The van der Waals surface area contributed by atoms with Gasteiger partial charge in [0.1, 0.15) is 4.83 Å². The molecule has 4 aromatic rings. The van der Waals surface area contributed by atoms with Gasteiger partial charge < -0.3 is 4.90 Å². The third-order valence-corrected chi connectivity index (χ3v) is 8.23. The fourth-order valence-electron chi connectivity index (χ4n) is 4.60. The van der Waals surface area contributed by atoms with E-state index >= 15 is 0 Å². The first-order valence-electron chi connectivity index (χ1n) is 11.7. The predicted octanol–water partition coefficient (Wildman–Crippen LogP) is 5.86. The molecule has 0 spiro atoms. The second kappa shape index (κ2) is 9.76. The highest BCUT2D eigenvalue weighted by Gasteiger charge is 2.24. The summed E-state index contributed by atoms with van der Waals surface area (Å²) >= 11 is 2.97. The molecule has 5 rings (SSSR count). The zero-order valence-electron chi connectivity index (χ0n) is 19.4. The van der Waals surface area contributed by atoms with E-state index < -0.39 is 0 Å². The van der Waals surface area contributed by atoms with Crippen LogP contribution >= 0.6 is 23.1 Å². The molecule has 1 aliphatic rings. The molecule has 174 valence electrons. The van der Waals surface area contributed by atoms with Gasteiger partial charge in [-0.25, -0.2) is 4.98 Å². The van der Waals surface area contributed by atoms with Crippen LogP contribution in [0.3, 0.4) is 0 Å². The molecule has 0 unspecified atom stereocenters. The van der Waals surface area contributed by atoms with Gasteiger partial charge in [-0.2, -0.15) is 0 Å². The second-order valence-electron chi connectivity index (χ2n) is 8.74. The minimum absolute atomic E-state index is 0.00867. The van der Waals surface area contributed by atoms with Crippen molar-refractivity contribution in [2.75, 3.05) is 10.7 Å². The number of anilines is 1. The number of aromatic nitrogens is 2. The van der Waals surface area contributed by atoms with Crippen LogP contribution in [0.25, 0.3) is 15.9 Å². The number of fused-ring (bicyclic) bond motifs is 3. The molecule has 5 nitrogen and oxygen atoms in total. The lowest BCUT2D eigenvalue weighted by Gasteiger charge is -2.27. The Morgan fingerprint density at radius 3 is 2.44 bits per heavy atom. The summed E-state index contributed by atoms with van der Waals surface area (Å²) in [6.07, 6.45) is 4.22. The molecular formula is C27H27N3O2S2.